The lowest BCUT2D eigenvalue weighted by atomic mass is 10.1. The number of piperazine rings is 1. The number of carbonyl (C=O) groups excluding carboxylic acids is 1. The van der Waals surface area contributed by atoms with Gasteiger partial charge in [-0.15, -0.1) is 0 Å². The molecule has 1 aromatic carbocycles. The quantitative estimate of drug-likeness (QED) is 0.858. The molecule has 1 saturated heterocycles. The number of aromatic nitrogens is 2. The minimum atomic E-state index is 0.194. The number of likely N-dealkylation sites (N-methyl/N-ethyl adjacent to an activating group) is 1. The van der Waals surface area contributed by atoms with Crippen molar-refractivity contribution < 1.29 is 4.79 Å². The molecule has 0 bridgehead atoms. The lowest BCUT2D eigenvalue weighted by Gasteiger charge is -2.33. The normalized spacial score (nSPS) is 17.2. The van der Waals surface area contributed by atoms with Crippen molar-refractivity contribution >= 4 is 16.8 Å². The minimum absolute atomic E-state index is 0.194. The number of hydrogen-bond acceptors (Lipinski definition) is 4. The maximum atomic E-state index is 12.5. The number of Topliss-reactive ketones (excluding diaryl/α,β-unsaturated/α-hetero) is 1. The number of imidazole rings is 1. The molecule has 0 radical (unpaired) electrons. The van der Waals surface area contributed by atoms with E-state index in [4.69, 9.17) is 0 Å². The number of aryl methyl sites for hydroxylation is 1. The number of carbonyl (C=O) groups is 1. The Kier molecular flexibility index (Phi) is 4.55. The Morgan fingerprint density at radius 1 is 1.18 bits per heavy atom. The highest BCUT2D eigenvalue weighted by molar-refractivity contribution is 6.00. The van der Waals surface area contributed by atoms with Crippen LogP contribution in [0.15, 0.2) is 18.2 Å². The second kappa shape index (κ2) is 6.58. The summed E-state index contributed by atoms with van der Waals surface area (Å²) in [5.41, 5.74) is 2.67. The Balaban J connectivity index is 1.67. The van der Waals surface area contributed by atoms with Crippen LogP contribution in [0.3, 0.4) is 0 Å². The molecule has 2 aromatic rings. The number of fused-ring (bicyclic) bond motifs is 1. The number of rotatable bonds is 5. The molecule has 0 aliphatic carbocycles. The second-order valence-electron chi connectivity index (χ2n) is 5.90. The fourth-order valence-corrected chi connectivity index (χ4v) is 2.96. The summed E-state index contributed by atoms with van der Waals surface area (Å²) in [7, 11) is 0. The van der Waals surface area contributed by atoms with E-state index in [1.807, 2.05) is 18.2 Å². The van der Waals surface area contributed by atoms with E-state index >= 15 is 0 Å². The van der Waals surface area contributed by atoms with Crippen LogP contribution in [0.1, 0.15) is 30.0 Å². The monoisotopic (exact) mass is 300 g/mol. The predicted molar refractivity (Wildman–Crippen MR) is 88.4 cm³/mol. The van der Waals surface area contributed by atoms with E-state index in [2.05, 4.69) is 33.6 Å². The van der Waals surface area contributed by atoms with Gasteiger partial charge in [-0.25, -0.2) is 4.98 Å². The van der Waals surface area contributed by atoms with Crippen LogP contribution in [-0.2, 0) is 6.42 Å². The maximum Gasteiger partial charge on any atom is 0.176 e. The first-order valence-corrected chi connectivity index (χ1v) is 8.16. The number of hydrogen-bond donors (Lipinski definition) is 1. The van der Waals surface area contributed by atoms with Gasteiger partial charge in [0.25, 0.3) is 0 Å². The van der Waals surface area contributed by atoms with E-state index < -0.39 is 0 Å². The maximum absolute atomic E-state index is 12.5. The summed E-state index contributed by atoms with van der Waals surface area (Å²) in [6.45, 7) is 9.94. The molecule has 2 heterocycles. The van der Waals surface area contributed by atoms with E-state index in [9.17, 15) is 4.79 Å². The number of nitrogens with one attached hydrogen (secondary N) is 1. The number of ketones is 1. The Morgan fingerprint density at radius 3 is 2.59 bits per heavy atom. The van der Waals surface area contributed by atoms with E-state index in [1.54, 1.807) is 0 Å². The molecule has 22 heavy (non-hydrogen) atoms. The van der Waals surface area contributed by atoms with Crippen molar-refractivity contribution in [2.75, 3.05) is 39.3 Å². The van der Waals surface area contributed by atoms with Gasteiger partial charge in [0.1, 0.15) is 5.82 Å². The third-order valence-corrected chi connectivity index (χ3v) is 4.47. The highest BCUT2D eigenvalue weighted by atomic mass is 16.1. The molecule has 5 nitrogen and oxygen atoms in total. The first kappa shape index (κ1) is 15.2. The molecule has 3 rings (SSSR count). The highest BCUT2D eigenvalue weighted by Gasteiger charge is 2.18. The molecular weight excluding hydrogens is 276 g/mol. The first-order valence-electron chi connectivity index (χ1n) is 8.16. The summed E-state index contributed by atoms with van der Waals surface area (Å²) < 4.78 is 0. The second-order valence-corrected chi connectivity index (χ2v) is 5.90. The van der Waals surface area contributed by atoms with Crippen LogP contribution in [0.2, 0.25) is 0 Å². The molecule has 5 heteroatoms. The van der Waals surface area contributed by atoms with Gasteiger partial charge in [-0.05, 0) is 24.7 Å². The molecule has 0 saturated carbocycles. The van der Waals surface area contributed by atoms with Crippen molar-refractivity contribution in [2.45, 2.75) is 20.3 Å². The van der Waals surface area contributed by atoms with Crippen LogP contribution in [-0.4, -0.2) is 64.8 Å². The van der Waals surface area contributed by atoms with Crippen molar-refractivity contribution in [1.29, 1.82) is 0 Å². The van der Waals surface area contributed by atoms with Crippen LogP contribution in [0.5, 0.6) is 0 Å². The van der Waals surface area contributed by atoms with Crippen molar-refractivity contribution in [1.82, 2.24) is 19.8 Å². The van der Waals surface area contributed by atoms with Crippen LogP contribution >= 0.6 is 0 Å². The van der Waals surface area contributed by atoms with Gasteiger partial charge in [0.2, 0.25) is 0 Å². The summed E-state index contributed by atoms with van der Waals surface area (Å²) in [4.78, 5) is 24.9. The smallest absolute Gasteiger partial charge is 0.176 e. The fraction of sp³-hybridized carbons (Fsp3) is 0.529. The molecule has 1 aromatic heterocycles. The number of aromatic amines is 1. The summed E-state index contributed by atoms with van der Waals surface area (Å²) in [5, 5.41) is 0. The first-order chi connectivity index (χ1) is 10.7. The Bertz CT molecular complexity index is 656. The van der Waals surface area contributed by atoms with Gasteiger partial charge in [-0.2, -0.15) is 0 Å². The Hall–Kier alpha value is -1.72. The summed E-state index contributed by atoms with van der Waals surface area (Å²) in [5.74, 6) is 1.16. The molecule has 0 atom stereocenters. The number of nitrogens with zero attached hydrogens (tertiary/aromatic N) is 3. The van der Waals surface area contributed by atoms with Gasteiger partial charge in [0, 0.05) is 38.2 Å². The molecule has 1 N–H and O–H groups in total. The van der Waals surface area contributed by atoms with Crippen LogP contribution in [0.25, 0.3) is 11.0 Å². The lowest BCUT2D eigenvalue weighted by molar-refractivity contribution is 0.0859. The third kappa shape index (κ3) is 3.20. The summed E-state index contributed by atoms with van der Waals surface area (Å²) in [6.07, 6.45) is 0.875. The topological polar surface area (TPSA) is 52.2 Å². The molecule has 1 fully saturated rings. The van der Waals surface area contributed by atoms with Gasteiger partial charge in [0.05, 0.1) is 17.6 Å². The predicted octanol–water partition coefficient (Wildman–Crippen LogP) is 1.95. The number of benzene rings is 1. The van der Waals surface area contributed by atoms with Crippen molar-refractivity contribution in [3.63, 3.8) is 0 Å². The zero-order valence-corrected chi connectivity index (χ0v) is 13.4. The van der Waals surface area contributed by atoms with Gasteiger partial charge in [-0.3, -0.25) is 9.69 Å². The lowest BCUT2D eigenvalue weighted by Crippen LogP contribution is -2.47. The number of H-pyrrole nitrogens is 1. The molecule has 0 amide bonds. The van der Waals surface area contributed by atoms with Crippen molar-refractivity contribution in [3.8, 4) is 0 Å². The molecule has 118 valence electrons. The van der Waals surface area contributed by atoms with Gasteiger partial charge in [0.15, 0.2) is 5.78 Å². The molecule has 0 unspecified atom stereocenters. The van der Waals surface area contributed by atoms with Gasteiger partial charge in [-0.1, -0.05) is 13.8 Å². The van der Waals surface area contributed by atoms with E-state index in [0.717, 1.165) is 61.6 Å². The van der Waals surface area contributed by atoms with Gasteiger partial charge >= 0.3 is 0 Å². The van der Waals surface area contributed by atoms with E-state index in [0.29, 0.717) is 6.54 Å². The zero-order chi connectivity index (χ0) is 15.5. The van der Waals surface area contributed by atoms with Crippen LogP contribution in [0.4, 0.5) is 0 Å². The standard InChI is InChI=1S/C17H24N4O/c1-3-17-18-14-6-5-13(11-15(14)19-17)16(22)12-21-9-7-20(4-2)8-10-21/h5-6,11H,3-4,7-10,12H2,1-2H3,(H,18,19). The largest absolute Gasteiger partial charge is 0.342 e. The Labute approximate surface area is 131 Å². The summed E-state index contributed by atoms with van der Waals surface area (Å²) in [6, 6.07) is 5.77. The van der Waals surface area contributed by atoms with Crippen LogP contribution in [0, 0.1) is 0 Å². The van der Waals surface area contributed by atoms with Gasteiger partial charge < -0.3 is 9.88 Å². The zero-order valence-electron chi connectivity index (χ0n) is 13.4. The fourth-order valence-electron chi connectivity index (χ4n) is 2.96. The molecule has 0 spiro atoms. The average Bonchev–Trinajstić information content (AvgIpc) is 2.97. The highest BCUT2D eigenvalue weighted by Crippen LogP contribution is 2.15. The molecule has 1 aliphatic rings. The summed E-state index contributed by atoms with van der Waals surface area (Å²) >= 11 is 0. The van der Waals surface area contributed by atoms with Crippen LogP contribution < -0.4 is 0 Å². The van der Waals surface area contributed by atoms with E-state index in [-0.39, 0.29) is 5.78 Å². The van der Waals surface area contributed by atoms with E-state index in [1.165, 1.54) is 0 Å². The minimum Gasteiger partial charge on any atom is -0.342 e. The SMILES string of the molecule is CCc1nc2ccc(C(=O)CN3CCN(CC)CC3)cc2[nH]1. The molecule has 1 aliphatic heterocycles. The molecular formula is C17H24N4O. The average molecular weight is 300 g/mol. The Morgan fingerprint density at radius 2 is 1.91 bits per heavy atom. The third-order valence-electron chi connectivity index (χ3n) is 4.47. The van der Waals surface area contributed by atoms with Crippen molar-refractivity contribution in [2.24, 2.45) is 0 Å². The van der Waals surface area contributed by atoms with Crippen molar-refractivity contribution in [3.05, 3.63) is 29.6 Å².